The number of hydrogen-bond donors (Lipinski definition) is 1. The number of ether oxygens (including phenoxy) is 1. The summed E-state index contributed by atoms with van der Waals surface area (Å²) in [7, 11) is 0. The summed E-state index contributed by atoms with van der Waals surface area (Å²) < 4.78 is 5.57. The Morgan fingerprint density at radius 1 is 1.40 bits per heavy atom. The average molecular weight is 278 g/mol. The zero-order chi connectivity index (χ0) is 14.5. The molecule has 0 saturated carbocycles. The number of anilines is 1. The van der Waals surface area contributed by atoms with Crippen molar-refractivity contribution in [3.8, 4) is 5.88 Å². The van der Waals surface area contributed by atoms with E-state index in [2.05, 4.69) is 21.8 Å². The molecule has 0 bridgehead atoms. The molecule has 1 aromatic heterocycles. The minimum Gasteiger partial charge on any atom is -0.478 e. The minimum absolute atomic E-state index is 0.372. The number of aromatic nitrogens is 2. The van der Waals surface area contributed by atoms with Gasteiger partial charge in [0.15, 0.2) is 0 Å². The van der Waals surface area contributed by atoms with Gasteiger partial charge in [-0.3, -0.25) is 0 Å². The zero-order valence-corrected chi connectivity index (χ0v) is 12.8. The summed E-state index contributed by atoms with van der Waals surface area (Å²) in [6.45, 7) is 8.57. The standard InChI is InChI=1S/C15H26N4O/c1-4-12-6-7-19(13(8-12)9-16)14-11(3)15(20-5-2)18-10-17-14/h10,12-13H,4-9,16H2,1-3H3. The van der Waals surface area contributed by atoms with Crippen LogP contribution >= 0.6 is 0 Å². The minimum atomic E-state index is 0.372. The topological polar surface area (TPSA) is 64.3 Å². The Balaban J connectivity index is 2.24. The van der Waals surface area contributed by atoms with Crippen LogP contribution in [0.3, 0.4) is 0 Å². The fourth-order valence-electron chi connectivity index (χ4n) is 3.00. The van der Waals surface area contributed by atoms with Crippen molar-refractivity contribution in [3.63, 3.8) is 0 Å². The summed E-state index contributed by atoms with van der Waals surface area (Å²) in [6, 6.07) is 0.372. The van der Waals surface area contributed by atoms with Gasteiger partial charge in [0.05, 0.1) is 12.2 Å². The first-order valence-electron chi connectivity index (χ1n) is 7.62. The van der Waals surface area contributed by atoms with Gasteiger partial charge < -0.3 is 15.4 Å². The predicted octanol–water partition coefficient (Wildman–Crippen LogP) is 2.14. The number of nitrogens with zero attached hydrogens (tertiary/aromatic N) is 3. The average Bonchev–Trinajstić information content (AvgIpc) is 2.49. The highest BCUT2D eigenvalue weighted by molar-refractivity contribution is 5.51. The number of piperidine rings is 1. The first-order chi connectivity index (χ1) is 9.71. The van der Waals surface area contributed by atoms with E-state index < -0.39 is 0 Å². The highest BCUT2D eigenvalue weighted by atomic mass is 16.5. The molecule has 20 heavy (non-hydrogen) atoms. The summed E-state index contributed by atoms with van der Waals surface area (Å²) in [5, 5.41) is 0. The van der Waals surface area contributed by atoms with Gasteiger partial charge in [0, 0.05) is 19.1 Å². The normalized spacial score (nSPS) is 22.9. The van der Waals surface area contributed by atoms with Crippen LogP contribution in [-0.2, 0) is 0 Å². The van der Waals surface area contributed by atoms with Gasteiger partial charge in [0.25, 0.3) is 0 Å². The number of hydrogen-bond acceptors (Lipinski definition) is 5. The molecule has 0 aromatic carbocycles. The van der Waals surface area contributed by atoms with E-state index in [1.165, 1.54) is 12.8 Å². The molecule has 5 heteroatoms. The van der Waals surface area contributed by atoms with Crippen LogP contribution in [0.1, 0.15) is 38.7 Å². The molecular formula is C15H26N4O. The molecule has 0 amide bonds. The van der Waals surface area contributed by atoms with Crippen molar-refractivity contribution in [3.05, 3.63) is 11.9 Å². The van der Waals surface area contributed by atoms with E-state index in [1.807, 2.05) is 13.8 Å². The fraction of sp³-hybridized carbons (Fsp3) is 0.733. The lowest BCUT2D eigenvalue weighted by molar-refractivity contribution is 0.319. The number of nitrogens with two attached hydrogens (primary N) is 1. The molecule has 5 nitrogen and oxygen atoms in total. The lowest BCUT2D eigenvalue weighted by atomic mass is 9.88. The van der Waals surface area contributed by atoms with Crippen LogP contribution in [0, 0.1) is 12.8 Å². The molecule has 1 aliphatic rings. The molecule has 2 heterocycles. The Morgan fingerprint density at radius 2 is 2.20 bits per heavy atom. The van der Waals surface area contributed by atoms with Crippen molar-refractivity contribution in [1.82, 2.24) is 9.97 Å². The van der Waals surface area contributed by atoms with Gasteiger partial charge in [-0.05, 0) is 32.6 Å². The summed E-state index contributed by atoms with van der Waals surface area (Å²) in [5.41, 5.74) is 6.99. The predicted molar refractivity (Wildman–Crippen MR) is 81.1 cm³/mol. The van der Waals surface area contributed by atoms with Gasteiger partial charge in [-0.15, -0.1) is 0 Å². The van der Waals surface area contributed by atoms with Gasteiger partial charge in [-0.2, -0.15) is 0 Å². The maximum atomic E-state index is 5.98. The molecule has 0 spiro atoms. The molecule has 2 N–H and O–H groups in total. The molecular weight excluding hydrogens is 252 g/mol. The van der Waals surface area contributed by atoms with Crippen LogP contribution in [0.15, 0.2) is 6.33 Å². The van der Waals surface area contributed by atoms with Crippen LogP contribution in [-0.4, -0.2) is 35.7 Å². The second-order valence-corrected chi connectivity index (χ2v) is 5.44. The first kappa shape index (κ1) is 15.0. The third kappa shape index (κ3) is 3.03. The zero-order valence-electron chi connectivity index (χ0n) is 12.8. The largest absolute Gasteiger partial charge is 0.478 e. The van der Waals surface area contributed by atoms with E-state index in [4.69, 9.17) is 10.5 Å². The van der Waals surface area contributed by atoms with Crippen molar-refractivity contribution in [2.45, 2.75) is 46.1 Å². The Morgan fingerprint density at radius 3 is 2.85 bits per heavy atom. The molecule has 2 unspecified atom stereocenters. The van der Waals surface area contributed by atoms with Gasteiger partial charge in [-0.1, -0.05) is 13.3 Å². The lowest BCUT2D eigenvalue weighted by Gasteiger charge is -2.40. The fourth-order valence-corrected chi connectivity index (χ4v) is 3.00. The molecule has 0 radical (unpaired) electrons. The van der Waals surface area contributed by atoms with E-state index in [-0.39, 0.29) is 0 Å². The Hall–Kier alpha value is -1.36. The summed E-state index contributed by atoms with van der Waals surface area (Å²) in [6.07, 6.45) is 5.19. The summed E-state index contributed by atoms with van der Waals surface area (Å²) in [4.78, 5) is 11.0. The molecule has 1 aromatic rings. The highest BCUT2D eigenvalue weighted by Crippen LogP contribution is 2.32. The molecule has 1 aliphatic heterocycles. The van der Waals surface area contributed by atoms with E-state index in [1.54, 1.807) is 6.33 Å². The van der Waals surface area contributed by atoms with Crippen LogP contribution in [0.25, 0.3) is 0 Å². The van der Waals surface area contributed by atoms with E-state index in [9.17, 15) is 0 Å². The maximum Gasteiger partial charge on any atom is 0.221 e. The number of rotatable bonds is 5. The monoisotopic (exact) mass is 278 g/mol. The quantitative estimate of drug-likeness (QED) is 0.894. The van der Waals surface area contributed by atoms with Crippen molar-refractivity contribution in [2.75, 3.05) is 24.6 Å². The maximum absolute atomic E-state index is 5.98. The van der Waals surface area contributed by atoms with Gasteiger partial charge in [-0.25, -0.2) is 9.97 Å². The molecule has 0 aliphatic carbocycles. The molecule has 2 atom stereocenters. The van der Waals surface area contributed by atoms with Gasteiger partial charge in [0.1, 0.15) is 12.1 Å². The molecule has 2 rings (SSSR count). The second kappa shape index (κ2) is 6.88. The van der Waals surface area contributed by atoms with Crippen molar-refractivity contribution in [1.29, 1.82) is 0 Å². The Kier molecular flexibility index (Phi) is 5.17. The molecule has 1 saturated heterocycles. The van der Waals surface area contributed by atoms with Crippen molar-refractivity contribution < 1.29 is 4.74 Å². The van der Waals surface area contributed by atoms with Crippen LogP contribution < -0.4 is 15.4 Å². The first-order valence-corrected chi connectivity index (χ1v) is 7.62. The van der Waals surface area contributed by atoms with Crippen LogP contribution in [0.4, 0.5) is 5.82 Å². The Bertz CT molecular complexity index is 438. The third-order valence-corrected chi connectivity index (χ3v) is 4.24. The van der Waals surface area contributed by atoms with Crippen LogP contribution in [0.5, 0.6) is 5.88 Å². The third-order valence-electron chi connectivity index (χ3n) is 4.24. The van der Waals surface area contributed by atoms with Crippen molar-refractivity contribution in [2.24, 2.45) is 11.7 Å². The SMILES string of the molecule is CCOc1ncnc(N2CCC(CC)CC2CN)c1C. The van der Waals surface area contributed by atoms with Gasteiger partial charge in [0.2, 0.25) is 5.88 Å². The van der Waals surface area contributed by atoms with Gasteiger partial charge >= 0.3 is 0 Å². The second-order valence-electron chi connectivity index (χ2n) is 5.44. The van der Waals surface area contributed by atoms with Crippen molar-refractivity contribution >= 4 is 5.82 Å². The summed E-state index contributed by atoms with van der Waals surface area (Å²) in [5.74, 6) is 2.45. The van der Waals surface area contributed by atoms with E-state index in [0.29, 0.717) is 25.1 Å². The summed E-state index contributed by atoms with van der Waals surface area (Å²) >= 11 is 0. The highest BCUT2D eigenvalue weighted by Gasteiger charge is 2.29. The lowest BCUT2D eigenvalue weighted by Crippen LogP contribution is -2.47. The molecule has 1 fully saturated rings. The van der Waals surface area contributed by atoms with E-state index >= 15 is 0 Å². The van der Waals surface area contributed by atoms with Crippen LogP contribution in [0.2, 0.25) is 0 Å². The Labute approximate surface area is 121 Å². The molecule has 112 valence electrons. The smallest absolute Gasteiger partial charge is 0.221 e. The van der Waals surface area contributed by atoms with E-state index in [0.717, 1.165) is 30.3 Å².